The minimum absolute atomic E-state index is 0.158. The molecule has 0 bridgehead atoms. The van der Waals surface area contributed by atoms with Crippen molar-refractivity contribution in [2.75, 3.05) is 19.0 Å². The smallest absolute Gasteiger partial charge is 0.306 e. The van der Waals surface area contributed by atoms with Gasteiger partial charge in [-0.15, -0.1) is 0 Å². The molecule has 0 aliphatic carbocycles. The van der Waals surface area contributed by atoms with E-state index in [9.17, 15) is 37.9 Å². The number of rotatable bonds is 41. The number of ether oxygens (including phenoxy) is 4. The van der Waals surface area contributed by atoms with E-state index in [2.05, 4.69) is 50.3 Å². The second-order valence-electron chi connectivity index (χ2n) is 17.1. The number of hydrogen-bond donors (Lipinski definition) is 4. The summed E-state index contributed by atoms with van der Waals surface area (Å²) in [5, 5.41) is 30.9. The van der Waals surface area contributed by atoms with Crippen molar-refractivity contribution in [2.45, 2.75) is 243 Å². The fourth-order valence-corrected chi connectivity index (χ4v) is 8.04. The van der Waals surface area contributed by atoms with Crippen LogP contribution in [-0.4, -0.2) is 96.0 Å². The molecule has 6 unspecified atom stereocenters. The van der Waals surface area contributed by atoms with Gasteiger partial charge in [-0.1, -0.05) is 159 Å². The maximum atomic E-state index is 12.8. The van der Waals surface area contributed by atoms with Crippen molar-refractivity contribution in [3.05, 3.63) is 36.5 Å². The normalized spacial score (nSPS) is 20.1. The molecule has 0 spiro atoms. The zero-order valence-electron chi connectivity index (χ0n) is 38.7. The number of hydrogen-bond acceptors (Lipinski definition) is 11. The Kier molecular flexibility index (Phi) is 36.6. The van der Waals surface area contributed by atoms with Gasteiger partial charge in [0.2, 0.25) is 0 Å². The van der Waals surface area contributed by atoms with E-state index in [1.54, 1.807) is 0 Å². The van der Waals surface area contributed by atoms with E-state index in [-0.39, 0.29) is 19.4 Å². The molecule has 1 saturated heterocycles. The van der Waals surface area contributed by atoms with Crippen LogP contribution in [0.3, 0.4) is 0 Å². The van der Waals surface area contributed by atoms with Gasteiger partial charge in [-0.3, -0.25) is 14.1 Å². The van der Waals surface area contributed by atoms with Gasteiger partial charge in [-0.05, 0) is 70.6 Å². The molecule has 13 heteroatoms. The minimum Gasteiger partial charge on any atom is -0.462 e. The number of allylic oxidation sites excluding steroid dienone is 6. The summed E-state index contributed by atoms with van der Waals surface area (Å²) in [5.41, 5.74) is 0. The Bertz CT molecular complexity index is 1290. The lowest BCUT2D eigenvalue weighted by Gasteiger charge is -2.40. The first-order valence-electron chi connectivity index (χ1n) is 24.5. The first-order valence-corrected chi connectivity index (χ1v) is 26.2. The Morgan fingerprint density at radius 2 is 0.968 bits per heavy atom. The van der Waals surface area contributed by atoms with Crippen LogP contribution in [0.25, 0.3) is 0 Å². The van der Waals surface area contributed by atoms with Crippen LogP contribution in [0.4, 0.5) is 0 Å². The van der Waals surface area contributed by atoms with Gasteiger partial charge in [0, 0.05) is 12.8 Å². The second-order valence-corrected chi connectivity index (χ2v) is 18.6. The van der Waals surface area contributed by atoms with Gasteiger partial charge in [-0.2, -0.15) is 8.42 Å². The summed E-state index contributed by atoms with van der Waals surface area (Å²) in [6.07, 6.45) is 36.1. The number of carbonyl (C=O) groups excluding carboxylic acids is 2. The molecule has 0 saturated carbocycles. The lowest BCUT2D eigenvalue weighted by Crippen LogP contribution is -2.60. The summed E-state index contributed by atoms with van der Waals surface area (Å²) in [6, 6.07) is 0. The van der Waals surface area contributed by atoms with Crippen molar-refractivity contribution in [1.82, 2.24) is 0 Å². The van der Waals surface area contributed by atoms with Crippen LogP contribution < -0.4 is 0 Å². The zero-order valence-corrected chi connectivity index (χ0v) is 39.5. The molecule has 1 rings (SSSR count). The van der Waals surface area contributed by atoms with E-state index in [0.29, 0.717) is 12.8 Å². The van der Waals surface area contributed by atoms with Crippen LogP contribution in [0, 0.1) is 0 Å². The fraction of sp³-hybridized carbons (Fsp3) is 0.837. The Hall–Kier alpha value is -2.13. The van der Waals surface area contributed by atoms with Gasteiger partial charge in [0.1, 0.15) is 36.8 Å². The lowest BCUT2D eigenvalue weighted by atomic mass is 10.00. The van der Waals surface area contributed by atoms with Gasteiger partial charge in [0.15, 0.2) is 12.4 Å². The molecule has 0 aromatic carbocycles. The van der Waals surface area contributed by atoms with E-state index >= 15 is 0 Å². The third kappa shape index (κ3) is 33.4. The molecule has 0 radical (unpaired) electrons. The fourth-order valence-electron chi connectivity index (χ4n) is 7.35. The SMILES string of the molecule is CCCCC/C=C\C/C=C\CCCCCCCCCCCC(=O)OC(COC(=O)CCCCCCC/C=C\CCCCCCCC)COC1OC(CS(=O)(=O)O)C(O)C(O)C1O. The number of esters is 2. The highest BCUT2D eigenvalue weighted by Gasteiger charge is 2.46. The van der Waals surface area contributed by atoms with E-state index < -0.39 is 71.2 Å². The van der Waals surface area contributed by atoms with Crippen molar-refractivity contribution in [3.8, 4) is 0 Å². The molecule has 1 aliphatic rings. The second kappa shape index (κ2) is 39.3. The summed E-state index contributed by atoms with van der Waals surface area (Å²) in [4.78, 5) is 25.5. The summed E-state index contributed by atoms with van der Waals surface area (Å²) in [5.74, 6) is -1.99. The monoisotopic (exact) mass is 901 g/mol. The average Bonchev–Trinajstić information content (AvgIpc) is 3.24. The third-order valence-electron chi connectivity index (χ3n) is 11.2. The molecular weight excluding hydrogens is 813 g/mol. The van der Waals surface area contributed by atoms with Gasteiger partial charge in [-0.25, -0.2) is 0 Å². The molecule has 0 aromatic heterocycles. The first-order chi connectivity index (χ1) is 30.0. The highest BCUT2D eigenvalue weighted by Crippen LogP contribution is 2.24. The highest BCUT2D eigenvalue weighted by molar-refractivity contribution is 7.85. The summed E-state index contributed by atoms with van der Waals surface area (Å²) in [7, 11) is -4.60. The van der Waals surface area contributed by atoms with E-state index in [1.165, 1.54) is 89.9 Å². The van der Waals surface area contributed by atoms with Crippen LogP contribution in [-0.2, 0) is 38.7 Å². The number of aliphatic hydroxyl groups excluding tert-OH is 3. The summed E-state index contributed by atoms with van der Waals surface area (Å²) < 4.78 is 54.2. The Morgan fingerprint density at radius 1 is 0.548 bits per heavy atom. The van der Waals surface area contributed by atoms with E-state index in [1.807, 2.05) is 0 Å². The van der Waals surface area contributed by atoms with Crippen molar-refractivity contribution in [2.24, 2.45) is 0 Å². The molecule has 0 amide bonds. The van der Waals surface area contributed by atoms with Crippen LogP contribution in [0.5, 0.6) is 0 Å². The Balaban J connectivity index is 2.41. The lowest BCUT2D eigenvalue weighted by molar-refractivity contribution is -0.297. The van der Waals surface area contributed by atoms with E-state index in [4.69, 9.17) is 18.9 Å². The molecule has 362 valence electrons. The Labute approximate surface area is 376 Å². The Morgan fingerprint density at radius 3 is 1.47 bits per heavy atom. The minimum atomic E-state index is -4.60. The molecule has 1 fully saturated rings. The zero-order chi connectivity index (χ0) is 45.5. The molecular formula is C49H88O12S. The van der Waals surface area contributed by atoms with Crippen molar-refractivity contribution in [1.29, 1.82) is 0 Å². The van der Waals surface area contributed by atoms with Crippen LogP contribution in [0.2, 0.25) is 0 Å². The molecule has 6 atom stereocenters. The topological polar surface area (TPSA) is 186 Å². The van der Waals surface area contributed by atoms with Crippen LogP contribution in [0.1, 0.15) is 206 Å². The van der Waals surface area contributed by atoms with Gasteiger partial charge in [0.25, 0.3) is 10.1 Å². The summed E-state index contributed by atoms with van der Waals surface area (Å²) in [6.45, 7) is 3.73. The highest BCUT2D eigenvalue weighted by atomic mass is 32.2. The van der Waals surface area contributed by atoms with Crippen molar-refractivity contribution >= 4 is 22.1 Å². The quantitative estimate of drug-likeness (QED) is 0.0197. The average molecular weight is 901 g/mol. The third-order valence-corrected chi connectivity index (χ3v) is 11.9. The maximum Gasteiger partial charge on any atom is 0.306 e. The standard InChI is InChI=1S/C49H88O12S/c1-3-5-7-9-11-13-15-17-19-20-21-22-24-26-28-30-32-34-36-38-45(51)60-42(40-59-49-48(54)47(53)46(52)43(61-49)41-62(55,56)57)39-58-44(50)37-35-33-31-29-27-25-23-18-16-14-12-10-8-6-4-2/h11,13,17-19,23,42-43,46-49,52-54H,3-10,12,14-16,20-22,24-41H2,1-2H3,(H,55,56,57)/b13-11-,19-17-,23-18-. The number of aliphatic hydroxyl groups is 3. The largest absolute Gasteiger partial charge is 0.462 e. The number of carbonyl (C=O) groups is 2. The first kappa shape index (κ1) is 57.9. The predicted molar refractivity (Wildman–Crippen MR) is 247 cm³/mol. The summed E-state index contributed by atoms with van der Waals surface area (Å²) >= 11 is 0. The maximum absolute atomic E-state index is 12.8. The molecule has 4 N–H and O–H groups in total. The van der Waals surface area contributed by atoms with Crippen molar-refractivity contribution in [3.63, 3.8) is 0 Å². The van der Waals surface area contributed by atoms with Gasteiger partial charge in [0.05, 0.1) is 6.61 Å². The molecule has 1 aliphatic heterocycles. The predicted octanol–water partition coefficient (Wildman–Crippen LogP) is 10.6. The molecule has 0 aromatic rings. The molecule has 62 heavy (non-hydrogen) atoms. The van der Waals surface area contributed by atoms with Gasteiger partial charge < -0.3 is 34.3 Å². The van der Waals surface area contributed by atoms with Crippen LogP contribution >= 0.6 is 0 Å². The molecule has 12 nitrogen and oxygen atoms in total. The van der Waals surface area contributed by atoms with Crippen molar-refractivity contribution < 1.29 is 56.8 Å². The molecule has 1 heterocycles. The van der Waals surface area contributed by atoms with E-state index in [0.717, 1.165) is 77.0 Å². The number of unbranched alkanes of at least 4 members (excludes halogenated alkanes) is 23. The van der Waals surface area contributed by atoms with Crippen LogP contribution in [0.15, 0.2) is 36.5 Å². The van der Waals surface area contributed by atoms with Gasteiger partial charge >= 0.3 is 11.9 Å².